The maximum absolute atomic E-state index is 11.8. The van der Waals surface area contributed by atoms with E-state index in [4.69, 9.17) is 21.1 Å². The van der Waals surface area contributed by atoms with E-state index < -0.39 is 11.4 Å². The van der Waals surface area contributed by atoms with E-state index in [2.05, 4.69) is 0 Å². The Bertz CT molecular complexity index is 590. The Labute approximate surface area is 120 Å². The van der Waals surface area contributed by atoms with Gasteiger partial charge in [-0.3, -0.25) is 9.59 Å². The van der Waals surface area contributed by atoms with Crippen molar-refractivity contribution in [1.82, 2.24) is 0 Å². The molecule has 1 aliphatic heterocycles. The highest BCUT2D eigenvalue weighted by atomic mass is 35.5. The van der Waals surface area contributed by atoms with Crippen molar-refractivity contribution in [1.29, 1.82) is 0 Å². The topological polar surface area (TPSA) is 72.8 Å². The van der Waals surface area contributed by atoms with Gasteiger partial charge in [0, 0.05) is 5.56 Å². The molecule has 0 atom stereocenters. The molecule has 0 saturated heterocycles. The Hall–Kier alpha value is -1.75. The number of ether oxygens (including phenoxy) is 2. The largest absolute Gasteiger partial charge is 0.481 e. The number of hydrogen-bond acceptors (Lipinski definition) is 4. The van der Waals surface area contributed by atoms with Gasteiger partial charge in [0.05, 0.1) is 16.0 Å². The lowest BCUT2D eigenvalue weighted by atomic mass is 9.78. The van der Waals surface area contributed by atoms with Crippen molar-refractivity contribution in [2.75, 3.05) is 6.79 Å². The maximum atomic E-state index is 11.8. The Balaban J connectivity index is 2.25. The van der Waals surface area contributed by atoms with E-state index in [1.807, 2.05) is 0 Å². The van der Waals surface area contributed by atoms with Crippen molar-refractivity contribution < 1.29 is 24.2 Å². The molecule has 5 nitrogen and oxygen atoms in total. The molecule has 20 heavy (non-hydrogen) atoms. The van der Waals surface area contributed by atoms with Gasteiger partial charge in [-0.05, 0) is 18.9 Å². The number of carboxylic acids is 1. The summed E-state index contributed by atoms with van der Waals surface area (Å²) in [6, 6.07) is 1.54. The lowest BCUT2D eigenvalue weighted by Gasteiger charge is -2.26. The molecular weight excluding hydrogens is 284 g/mol. The van der Waals surface area contributed by atoms with E-state index in [-0.39, 0.29) is 23.1 Å². The number of benzene rings is 1. The van der Waals surface area contributed by atoms with Crippen LogP contribution < -0.4 is 9.47 Å². The van der Waals surface area contributed by atoms with Gasteiger partial charge < -0.3 is 14.6 Å². The van der Waals surface area contributed by atoms with Gasteiger partial charge in [-0.2, -0.15) is 0 Å². The average Bonchev–Trinajstić information content (AvgIpc) is 3.07. The molecule has 1 saturated carbocycles. The second kappa shape index (κ2) is 4.66. The number of carbonyl (C=O) groups is 2. The number of carboxylic acid groups (broad SMARTS) is 1. The summed E-state index contributed by atoms with van der Waals surface area (Å²) >= 11 is 6.10. The van der Waals surface area contributed by atoms with Crippen LogP contribution in [0.3, 0.4) is 0 Å². The monoisotopic (exact) mass is 296 g/mol. The summed E-state index contributed by atoms with van der Waals surface area (Å²) in [5.74, 6) is -0.279. The van der Waals surface area contributed by atoms with Gasteiger partial charge in [-0.15, -0.1) is 0 Å². The molecule has 6 heteroatoms. The highest BCUT2D eigenvalue weighted by molar-refractivity contribution is 6.33. The van der Waals surface area contributed by atoms with E-state index in [0.717, 1.165) is 12.8 Å². The standard InChI is InChI=1S/C14H13ClO5/c15-10-5-9(14(13(17)18)3-1-2-4-14)12-11(8(10)6-16)19-7-20-12/h5-6H,1-4,7H2,(H,17,18). The third-order valence-corrected chi connectivity index (χ3v) is 4.44. The molecule has 1 heterocycles. The quantitative estimate of drug-likeness (QED) is 0.868. The Morgan fingerprint density at radius 2 is 1.95 bits per heavy atom. The van der Waals surface area contributed by atoms with Gasteiger partial charge in [0.15, 0.2) is 17.8 Å². The predicted molar refractivity (Wildman–Crippen MR) is 70.7 cm³/mol. The summed E-state index contributed by atoms with van der Waals surface area (Å²) in [4.78, 5) is 22.9. The molecule has 3 rings (SSSR count). The minimum Gasteiger partial charge on any atom is -0.481 e. The van der Waals surface area contributed by atoms with Crippen molar-refractivity contribution in [3.63, 3.8) is 0 Å². The van der Waals surface area contributed by atoms with Gasteiger partial charge >= 0.3 is 5.97 Å². The van der Waals surface area contributed by atoms with Gasteiger partial charge in [0.2, 0.25) is 6.79 Å². The molecule has 1 aliphatic carbocycles. The van der Waals surface area contributed by atoms with Crippen molar-refractivity contribution >= 4 is 23.9 Å². The molecule has 0 amide bonds. The smallest absolute Gasteiger partial charge is 0.314 e. The van der Waals surface area contributed by atoms with E-state index >= 15 is 0 Å². The van der Waals surface area contributed by atoms with E-state index in [0.29, 0.717) is 30.4 Å². The van der Waals surface area contributed by atoms with Crippen LogP contribution in [0.5, 0.6) is 11.5 Å². The number of aldehydes is 1. The van der Waals surface area contributed by atoms with Gasteiger partial charge in [0.25, 0.3) is 0 Å². The minimum atomic E-state index is -0.997. The fraction of sp³-hybridized carbons (Fsp3) is 0.429. The SMILES string of the molecule is O=Cc1c(Cl)cc(C2(C(=O)O)CCCC2)c2c1OCO2. The van der Waals surface area contributed by atoms with Crippen LogP contribution in [0.4, 0.5) is 0 Å². The van der Waals surface area contributed by atoms with Crippen LogP contribution in [-0.4, -0.2) is 24.2 Å². The fourth-order valence-electron chi connectivity index (χ4n) is 3.10. The summed E-state index contributed by atoms with van der Waals surface area (Å²) in [6.07, 6.45) is 3.36. The van der Waals surface area contributed by atoms with Crippen LogP contribution in [-0.2, 0) is 10.2 Å². The molecule has 0 spiro atoms. The molecule has 2 aliphatic rings. The highest BCUT2D eigenvalue weighted by Gasteiger charge is 2.47. The number of carbonyl (C=O) groups excluding carboxylic acids is 1. The first-order valence-electron chi connectivity index (χ1n) is 6.41. The molecule has 1 aromatic carbocycles. The van der Waals surface area contributed by atoms with Crippen molar-refractivity contribution in [3.8, 4) is 11.5 Å². The molecule has 0 radical (unpaired) electrons. The zero-order valence-corrected chi connectivity index (χ0v) is 11.4. The lowest BCUT2D eigenvalue weighted by Crippen LogP contribution is -2.33. The van der Waals surface area contributed by atoms with Crippen molar-refractivity contribution in [2.45, 2.75) is 31.1 Å². The number of rotatable bonds is 3. The molecule has 0 aromatic heterocycles. The average molecular weight is 297 g/mol. The highest BCUT2D eigenvalue weighted by Crippen LogP contribution is 2.51. The zero-order valence-electron chi connectivity index (χ0n) is 10.6. The van der Waals surface area contributed by atoms with Gasteiger partial charge in [-0.25, -0.2) is 0 Å². The summed E-state index contributed by atoms with van der Waals surface area (Å²) < 4.78 is 10.7. The van der Waals surface area contributed by atoms with Crippen LogP contribution >= 0.6 is 11.6 Å². The van der Waals surface area contributed by atoms with Crippen LogP contribution in [0.25, 0.3) is 0 Å². The normalized spacial score (nSPS) is 19.1. The molecule has 0 unspecified atom stereocenters. The predicted octanol–water partition coefficient (Wildman–Crippen LogP) is 2.78. The third kappa shape index (κ3) is 1.69. The first-order chi connectivity index (χ1) is 9.60. The van der Waals surface area contributed by atoms with Gasteiger partial charge in [0.1, 0.15) is 0 Å². The summed E-state index contributed by atoms with van der Waals surface area (Å²) in [5, 5.41) is 9.86. The molecular formula is C14H13ClO5. The first kappa shape index (κ1) is 13.2. The van der Waals surface area contributed by atoms with Crippen LogP contribution in [0.15, 0.2) is 6.07 Å². The number of fused-ring (bicyclic) bond motifs is 1. The Morgan fingerprint density at radius 1 is 1.30 bits per heavy atom. The van der Waals surface area contributed by atoms with E-state index in [1.54, 1.807) is 0 Å². The van der Waals surface area contributed by atoms with Crippen molar-refractivity contribution in [3.05, 3.63) is 22.2 Å². The number of aliphatic carboxylic acids is 1. The summed E-state index contributed by atoms with van der Waals surface area (Å²) in [6.45, 7) is -0.0286. The number of halogens is 1. The third-order valence-electron chi connectivity index (χ3n) is 4.13. The Morgan fingerprint density at radius 3 is 2.55 bits per heavy atom. The maximum Gasteiger partial charge on any atom is 0.314 e. The van der Waals surface area contributed by atoms with Crippen LogP contribution in [0.1, 0.15) is 41.6 Å². The van der Waals surface area contributed by atoms with E-state index in [1.165, 1.54) is 6.07 Å². The van der Waals surface area contributed by atoms with Crippen molar-refractivity contribution in [2.24, 2.45) is 0 Å². The van der Waals surface area contributed by atoms with Crippen LogP contribution in [0.2, 0.25) is 5.02 Å². The Kier molecular flexibility index (Phi) is 3.09. The lowest BCUT2D eigenvalue weighted by molar-refractivity contribution is -0.143. The number of hydrogen-bond donors (Lipinski definition) is 1. The first-order valence-corrected chi connectivity index (χ1v) is 6.79. The summed E-state index contributed by atoms with van der Waals surface area (Å²) in [7, 11) is 0. The molecule has 1 N–H and O–H groups in total. The molecule has 1 aromatic rings. The van der Waals surface area contributed by atoms with Crippen LogP contribution in [0, 0.1) is 0 Å². The second-order valence-electron chi connectivity index (χ2n) is 5.10. The summed E-state index contributed by atoms with van der Waals surface area (Å²) in [5.41, 5.74) is -0.268. The second-order valence-corrected chi connectivity index (χ2v) is 5.50. The fourth-order valence-corrected chi connectivity index (χ4v) is 3.34. The zero-order chi connectivity index (χ0) is 14.3. The molecule has 0 bridgehead atoms. The van der Waals surface area contributed by atoms with Gasteiger partial charge in [-0.1, -0.05) is 24.4 Å². The molecule has 1 fully saturated rings. The van der Waals surface area contributed by atoms with E-state index in [9.17, 15) is 14.7 Å². The molecule has 106 valence electrons. The minimum absolute atomic E-state index is 0.0286.